The van der Waals surface area contributed by atoms with Crippen molar-refractivity contribution in [3.8, 4) is 0 Å². The summed E-state index contributed by atoms with van der Waals surface area (Å²) in [7, 11) is 0. The van der Waals surface area contributed by atoms with Gasteiger partial charge in [0.1, 0.15) is 5.17 Å². The third kappa shape index (κ3) is 5.63. The van der Waals surface area contributed by atoms with Crippen LogP contribution in [-0.4, -0.2) is 11.4 Å². The van der Waals surface area contributed by atoms with Crippen LogP contribution >= 0.6 is 11.6 Å². The second-order valence-corrected chi connectivity index (χ2v) is 1.52. The molecule has 0 saturated heterocycles. The van der Waals surface area contributed by atoms with Gasteiger partial charge in [-0.2, -0.15) is 5.10 Å². The molecule has 0 aliphatic rings. The van der Waals surface area contributed by atoms with Crippen molar-refractivity contribution in [2.45, 2.75) is 13.8 Å². The van der Waals surface area contributed by atoms with Crippen molar-refractivity contribution in [3.05, 3.63) is 0 Å². The van der Waals surface area contributed by atoms with Gasteiger partial charge in [0.15, 0.2) is 0 Å². The molecule has 0 bridgehead atoms. The fourth-order valence-corrected chi connectivity index (χ4v) is 0.181. The maximum absolute atomic E-state index is 5.29. The van der Waals surface area contributed by atoms with E-state index in [1.165, 1.54) is 0 Å². The van der Waals surface area contributed by atoms with Gasteiger partial charge in [-0.25, -0.2) is 0 Å². The Bertz CT molecular complexity index is 91.9. The quantitative estimate of drug-likeness (QED) is 0.370. The second-order valence-electron chi connectivity index (χ2n) is 0.971. The van der Waals surface area contributed by atoms with Crippen molar-refractivity contribution >= 4 is 23.0 Å². The van der Waals surface area contributed by atoms with Crippen LogP contribution in [0.25, 0.3) is 0 Å². The molecule has 0 saturated carbocycles. The van der Waals surface area contributed by atoms with Crippen LogP contribution in [0.3, 0.4) is 0 Å². The number of hydrogen-bond donors (Lipinski definition) is 0. The molecule has 0 aliphatic carbocycles. The number of rotatable bonds is 1. The average molecular weight is 119 g/mol. The first kappa shape index (κ1) is 6.63. The minimum absolute atomic E-state index is 0.457. The molecule has 0 heterocycles. The van der Waals surface area contributed by atoms with Crippen LogP contribution in [0.5, 0.6) is 0 Å². The lowest BCUT2D eigenvalue weighted by molar-refractivity contribution is 1.25. The highest BCUT2D eigenvalue weighted by molar-refractivity contribution is 6.64. The third-order valence-electron chi connectivity index (χ3n) is 0.311. The van der Waals surface area contributed by atoms with Crippen LogP contribution in [0.2, 0.25) is 0 Å². The van der Waals surface area contributed by atoms with E-state index >= 15 is 0 Å². The molecule has 40 valence electrons. The summed E-state index contributed by atoms with van der Waals surface area (Å²) in [4.78, 5) is 0. The highest BCUT2D eigenvalue weighted by atomic mass is 35.5. The van der Waals surface area contributed by atoms with Crippen molar-refractivity contribution in [3.63, 3.8) is 0 Å². The molecular weight excluding hydrogens is 112 g/mol. The zero-order valence-electron chi connectivity index (χ0n) is 4.35. The van der Waals surface area contributed by atoms with E-state index in [0.29, 0.717) is 5.17 Å². The third-order valence-corrected chi connectivity index (χ3v) is 0.387. The summed E-state index contributed by atoms with van der Waals surface area (Å²) in [5.74, 6) is 0. The van der Waals surface area contributed by atoms with Crippen molar-refractivity contribution in [1.29, 1.82) is 0 Å². The Kier molecular flexibility index (Phi) is 3.61. The van der Waals surface area contributed by atoms with E-state index in [9.17, 15) is 0 Å². The van der Waals surface area contributed by atoms with Gasteiger partial charge in [-0.15, -0.1) is 5.10 Å². The highest BCUT2D eigenvalue weighted by Crippen LogP contribution is 1.81. The molecule has 0 unspecified atom stereocenters. The molecule has 0 radical (unpaired) electrons. The molecule has 0 aromatic carbocycles. The van der Waals surface area contributed by atoms with Gasteiger partial charge in [-0.1, -0.05) is 11.6 Å². The van der Waals surface area contributed by atoms with Crippen LogP contribution in [0.1, 0.15) is 13.8 Å². The first-order chi connectivity index (χ1) is 3.27. The standard InChI is InChI=1S/C4H7ClN2/c1-3-6-7-4(2)5/h3H,1-2H3. The van der Waals surface area contributed by atoms with Gasteiger partial charge in [0.2, 0.25) is 0 Å². The molecule has 0 fully saturated rings. The van der Waals surface area contributed by atoms with E-state index in [4.69, 9.17) is 11.6 Å². The molecule has 3 heteroatoms. The van der Waals surface area contributed by atoms with Gasteiger partial charge in [0.05, 0.1) is 0 Å². The Morgan fingerprint density at radius 2 is 2.29 bits per heavy atom. The van der Waals surface area contributed by atoms with Crippen LogP contribution < -0.4 is 0 Å². The smallest absolute Gasteiger partial charge is 0.125 e. The first-order valence-electron chi connectivity index (χ1n) is 1.95. The maximum atomic E-state index is 5.29. The van der Waals surface area contributed by atoms with E-state index in [1.807, 2.05) is 0 Å². The van der Waals surface area contributed by atoms with Crippen molar-refractivity contribution in [2.24, 2.45) is 10.2 Å². The number of nitrogens with zero attached hydrogens (tertiary/aromatic N) is 2. The fourth-order valence-electron chi connectivity index (χ4n) is 0.137. The van der Waals surface area contributed by atoms with E-state index in [0.717, 1.165) is 0 Å². The predicted octanol–water partition coefficient (Wildman–Crippen LogP) is 1.65. The molecule has 0 N–H and O–H groups in total. The lowest BCUT2D eigenvalue weighted by atomic mass is 10.9. The lowest BCUT2D eigenvalue weighted by Crippen LogP contribution is -1.69. The summed E-state index contributed by atoms with van der Waals surface area (Å²) in [6.07, 6.45) is 1.58. The largest absolute Gasteiger partial charge is 0.163 e. The van der Waals surface area contributed by atoms with Crippen LogP contribution in [0, 0.1) is 0 Å². The summed E-state index contributed by atoms with van der Waals surface area (Å²) in [5, 5.41) is 7.45. The van der Waals surface area contributed by atoms with E-state index in [-0.39, 0.29) is 0 Å². The van der Waals surface area contributed by atoms with Gasteiger partial charge in [-0.3, -0.25) is 0 Å². The van der Waals surface area contributed by atoms with Gasteiger partial charge >= 0.3 is 0 Å². The van der Waals surface area contributed by atoms with E-state index in [1.54, 1.807) is 20.1 Å². The minimum atomic E-state index is 0.457. The van der Waals surface area contributed by atoms with Crippen molar-refractivity contribution < 1.29 is 0 Å². The summed E-state index contributed by atoms with van der Waals surface area (Å²) in [5.41, 5.74) is 0. The monoisotopic (exact) mass is 118 g/mol. The van der Waals surface area contributed by atoms with Crippen LogP contribution in [0.15, 0.2) is 10.2 Å². The minimum Gasteiger partial charge on any atom is -0.163 e. The number of halogens is 1. The summed E-state index contributed by atoms with van der Waals surface area (Å²) < 4.78 is 0. The summed E-state index contributed by atoms with van der Waals surface area (Å²) in [6, 6.07) is 0. The highest BCUT2D eigenvalue weighted by Gasteiger charge is 1.71. The summed E-state index contributed by atoms with van der Waals surface area (Å²) >= 11 is 5.29. The Hall–Kier alpha value is -0.370. The van der Waals surface area contributed by atoms with Gasteiger partial charge in [0.25, 0.3) is 0 Å². The zero-order chi connectivity index (χ0) is 5.70. The van der Waals surface area contributed by atoms with Crippen LogP contribution in [0.4, 0.5) is 0 Å². The predicted molar refractivity (Wildman–Crippen MR) is 33.1 cm³/mol. The Morgan fingerprint density at radius 3 is 2.43 bits per heavy atom. The molecule has 0 spiro atoms. The fraction of sp³-hybridized carbons (Fsp3) is 0.500. The van der Waals surface area contributed by atoms with Gasteiger partial charge in [-0.05, 0) is 13.8 Å². The topological polar surface area (TPSA) is 24.7 Å². The van der Waals surface area contributed by atoms with Gasteiger partial charge < -0.3 is 0 Å². The van der Waals surface area contributed by atoms with Crippen molar-refractivity contribution in [1.82, 2.24) is 0 Å². The second kappa shape index (κ2) is 3.81. The lowest BCUT2D eigenvalue weighted by Gasteiger charge is -1.74. The molecule has 0 amide bonds. The Morgan fingerprint density at radius 1 is 1.71 bits per heavy atom. The van der Waals surface area contributed by atoms with Gasteiger partial charge in [0, 0.05) is 6.21 Å². The van der Waals surface area contributed by atoms with E-state index < -0.39 is 0 Å². The first-order valence-corrected chi connectivity index (χ1v) is 2.33. The molecule has 2 nitrogen and oxygen atoms in total. The normalized spacial score (nSPS) is 13.3. The molecule has 0 aromatic heterocycles. The molecule has 0 aromatic rings. The molecular formula is C4H7ClN2. The molecule has 7 heavy (non-hydrogen) atoms. The SMILES string of the molecule is CC=NN=C(C)Cl. The summed E-state index contributed by atoms with van der Waals surface area (Å²) in [6.45, 7) is 3.46. The molecule has 0 aliphatic heterocycles. The van der Waals surface area contributed by atoms with Crippen molar-refractivity contribution in [2.75, 3.05) is 0 Å². The molecule has 0 rings (SSSR count). The van der Waals surface area contributed by atoms with Crippen LogP contribution in [-0.2, 0) is 0 Å². The van der Waals surface area contributed by atoms with E-state index in [2.05, 4.69) is 10.2 Å². The number of hydrogen-bond acceptors (Lipinski definition) is 2. The Labute approximate surface area is 47.9 Å². The average Bonchev–Trinajstić information content (AvgIpc) is 1.61. The molecule has 0 atom stereocenters. The zero-order valence-corrected chi connectivity index (χ0v) is 5.11. The maximum Gasteiger partial charge on any atom is 0.125 e. The Balaban J connectivity index is 3.46.